The highest BCUT2D eigenvalue weighted by atomic mass is 32.1. The van der Waals surface area contributed by atoms with E-state index in [1.165, 1.54) is 18.4 Å². The molecule has 18 heavy (non-hydrogen) atoms. The molecule has 0 atom stereocenters. The predicted octanol–water partition coefficient (Wildman–Crippen LogP) is 3.82. The van der Waals surface area contributed by atoms with Crippen molar-refractivity contribution >= 4 is 22.9 Å². The second-order valence-electron chi connectivity index (χ2n) is 4.57. The molecule has 2 rings (SSSR count). The monoisotopic (exact) mass is 260 g/mol. The second-order valence-corrected chi connectivity index (χ2v) is 4.98. The Bertz CT molecular complexity index is 419. The Kier molecular flexibility index (Phi) is 4.76. The highest BCUT2D eigenvalue weighted by Crippen LogP contribution is 2.14. The fourth-order valence-electron chi connectivity index (χ4n) is 2.13. The van der Waals surface area contributed by atoms with E-state index in [2.05, 4.69) is 23.3 Å². The average molecular weight is 260 g/mol. The summed E-state index contributed by atoms with van der Waals surface area (Å²) in [5.41, 5.74) is 2.28. The maximum absolute atomic E-state index is 5.49. The number of nitrogens with one attached hydrogen (secondary N) is 1. The van der Waals surface area contributed by atoms with Crippen LogP contribution in [0.4, 0.5) is 5.69 Å². The summed E-state index contributed by atoms with van der Waals surface area (Å²) in [7, 11) is 0. The third-order valence-corrected chi connectivity index (χ3v) is 3.55. The van der Waals surface area contributed by atoms with Gasteiger partial charge >= 0.3 is 0 Å². The van der Waals surface area contributed by atoms with Gasteiger partial charge in [0.15, 0.2) is 0 Å². The van der Waals surface area contributed by atoms with Crippen molar-refractivity contribution in [3.05, 3.63) is 42.1 Å². The van der Waals surface area contributed by atoms with E-state index in [0.717, 1.165) is 30.2 Å². The van der Waals surface area contributed by atoms with Crippen LogP contribution in [0.2, 0.25) is 0 Å². The molecule has 1 N–H and O–H groups in total. The fraction of sp³-hybridized carbons (Fsp3) is 0.400. The number of likely N-dealkylation sites (tertiary alicyclic amines) is 1. The molecule has 0 spiro atoms. The van der Waals surface area contributed by atoms with Crippen LogP contribution in [0.25, 0.3) is 0 Å². The Morgan fingerprint density at radius 3 is 2.56 bits per heavy atom. The lowest BCUT2D eigenvalue weighted by Crippen LogP contribution is -2.17. The van der Waals surface area contributed by atoms with Crippen molar-refractivity contribution in [1.29, 1.82) is 0 Å². The summed E-state index contributed by atoms with van der Waals surface area (Å²) in [5, 5.41) is 3.30. The van der Waals surface area contributed by atoms with Crippen molar-refractivity contribution < 1.29 is 0 Å². The largest absolute Gasteiger partial charge is 0.377 e. The van der Waals surface area contributed by atoms with Crippen molar-refractivity contribution in [2.75, 3.05) is 18.4 Å². The Morgan fingerprint density at radius 1 is 1.28 bits per heavy atom. The molecular formula is C15H20N2S. The average Bonchev–Trinajstić information content (AvgIpc) is 2.90. The zero-order chi connectivity index (χ0) is 12.8. The molecule has 1 aliphatic heterocycles. The Labute approximate surface area is 115 Å². The Morgan fingerprint density at radius 2 is 1.94 bits per heavy atom. The molecule has 0 radical (unpaired) electrons. The van der Waals surface area contributed by atoms with Crippen molar-refractivity contribution in [3.8, 4) is 0 Å². The van der Waals surface area contributed by atoms with Crippen molar-refractivity contribution in [2.24, 2.45) is 0 Å². The number of benzene rings is 1. The van der Waals surface area contributed by atoms with E-state index in [-0.39, 0.29) is 0 Å². The Hall–Kier alpha value is -1.35. The number of anilines is 1. The topological polar surface area (TPSA) is 15.3 Å². The maximum atomic E-state index is 5.49. The quantitative estimate of drug-likeness (QED) is 0.654. The van der Waals surface area contributed by atoms with Crippen LogP contribution in [0.3, 0.4) is 0 Å². The number of hydrogen-bond donors (Lipinski definition) is 1. The lowest BCUT2D eigenvalue weighted by molar-refractivity contribution is 0.465. The van der Waals surface area contributed by atoms with Crippen molar-refractivity contribution in [2.45, 2.75) is 26.2 Å². The van der Waals surface area contributed by atoms with E-state index in [4.69, 9.17) is 12.2 Å². The van der Waals surface area contributed by atoms with Crippen molar-refractivity contribution in [3.63, 3.8) is 0 Å². The van der Waals surface area contributed by atoms with Crippen LogP contribution in [0.15, 0.2) is 42.1 Å². The molecule has 0 aliphatic carbocycles. The van der Waals surface area contributed by atoms with Gasteiger partial charge in [-0.05, 0) is 31.4 Å². The summed E-state index contributed by atoms with van der Waals surface area (Å²) in [6.07, 6.45) is 5.79. The van der Waals surface area contributed by atoms with Gasteiger partial charge in [0, 0.05) is 30.5 Å². The van der Waals surface area contributed by atoms with E-state index in [9.17, 15) is 0 Å². The molecule has 2 nitrogen and oxygen atoms in total. The molecule has 1 aromatic rings. The van der Waals surface area contributed by atoms with Crippen LogP contribution in [0, 0.1) is 0 Å². The van der Waals surface area contributed by atoms with Gasteiger partial charge in [-0.2, -0.15) is 0 Å². The van der Waals surface area contributed by atoms with Gasteiger partial charge in [-0.3, -0.25) is 0 Å². The summed E-state index contributed by atoms with van der Waals surface area (Å²) < 4.78 is 0. The first-order chi connectivity index (χ1) is 8.79. The minimum Gasteiger partial charge on any atom is -0.377 e. The molecule has 1 fully saturated rings. The van der Waals surface area contributed by atoms with Gasteiger partial charge in [0.25, 0.3) is 0 Å². The van der Waals surface area contributed by atoms with Crippen LogP contribution in [0.5, 0.6) is 0 Å². The van der Waals surface area contributed by atoms with Gasteiger partial charge in [0.2, 0.25) is 0 Å². The summed E-state index contributed by atoms with van der Waals surface area (Å²) in [6, 6.07) is 10.1. The van der Waals surface area contributed by atoms with E-state index >= 15 is 0 Å². The number of para-hydroxylation sites is 1. The molecule has 1 heterocycles. The summed E-state index contributed by atoms with van der Waals surface area (Å²) in [6.45, 7) is 4.48. The zero-order valence-electron chi connectivity index (χ0n) is 10.9. The third kappa shape index (κ3) is 3.57. The lowest BCUT2D eigenvalue weighted by Gasteiger charge is -2.16. The standard InChI is InChI=1S/C15H20N2S/c1-2-13(12-17-10-6-7-11-17)15(18)16-14-8-4-3-5-9-14/h3-5,8-9,12H,2,6-7,10-11H2,1H3,(H,16,18)/b13-12+. The highest BCUT2D eigenvalue weighted by Gasteiger charge is 2.10. The van der Waals surface area contributed by atoms with Gasteiger partial charge in [-0.15, -0.1) is 0 Å². The molecule has 1 aromatic carbocycles. The summed E-state index contributed by atoms with van der Waals surface area (Å²) in [5.74, 6) is 0. The first kappa shape index (κ1) is 13.1. The molecule has 0 bridgehead atoms. The molecule has 1 saturated heterocycles. The third-order valence-electron chi connectivity index (χ3n) is 3.18. The van der Waals surface area contributed by atoms with Crippen molar-refractivity contribution in [1.82, 2.24) is 4.90 Å². The fourth-order valence-corrected chi connectivity index (χ4v) is 2.45. The minimum absolute atomic E-state index is 0.843. The van der Waals surface area contributed by atoms with Crippen LogP contribution >= 0.6 is 12.2 Å². The first-order valence-corrected chi connectivity index (χ1v) is 7.01. The minimum atomic E-state index is 0.843. The molecule has 3 heteroatoms. The van der Waals surface area contributed by atoms with Gasteiger partial charge in [-0.1, -0.05) is 37.3 Å². The smallest absolute Gasteiger partial charge is 0.108 e. The SMILES string of the molecule is CC/C(=C\N1CCCC1)C(=S)Nc1ccccc1. The second kappa shape index (κ2) is 6.55. The first-order valence-electron chi connectivity index (χ1n) is 6.60. The number of nitrogens with zero attached hydrogens (tertiary/aromatic N) is 1. The van der Waals surface area contributed by atoms with Crippen LogP contribution in [0.1, 0.15) is 26.2 Å². The van der Waals surface area contributed by atoms with Gasteiger partial charge in [0.1, 0.15) is 4.99 Å². The highest BCUT2D eigenvalue weighted by molar-refractivity contribution is 7.81. The number of thiocarbonyl (C=S) groups is 1. The van der Waals surface area contributed by atoms with Crippen LogP contribution in [-0.2, 0) is 0 Å². The molecule has 0 amide bonds. The van der Waals surface area contributed by atoms with E-state index in [1.807, 2.05) is 30.3 Å². The lowest BCUT2D eigenvalue weighted by atomic mass is 10.2. The molecular weight excluding hydrogens is 240 g/mol. The van der Waals surface area contributed by atoms with E-state index in [1.54, 1.807) is 0 Å². The van der Waals surface area contributed by atoms with E-state index in [0.29, 0.717) is 0 Å². The van der Waals surface area contributed by atoms with Gasteiger partial charge in [-0.25, -0.2) is 0 Å². The van der Waals surface area contributed by atoms with E-state index < -0.39 is 0 Å². The van der Waals surface area contributed by atoms with Crippen LogP contribution < -0.4 is 5.32 Å². The molecule has 96 valence electrons. The maximum Gasteiger partial charge on any atom is 0.108 e. The Balaban J connectivity index is 2.01. The molecule has 0 unspecified atom stereocenters. The molecule has 0 aromatic heterocycles. The van der Waals surface area contributed by atoms with Gasteiger partial charge < -0.3 is 10.2 Å². The summed E-state index contributed by atoms with van der Waals surface area (Å²) in [4.78, 5) is 3.22. The number of hydrogen-bond acceptors (Lipinski definition) is 2. The normalized spacial score (nSPS) is 15.8. The summed E-state index contributed by atoms with van der Waals surface area (Å²) >= 11 is 5.49. The predicted molar refractivity (Wildman–Crippen MR) is 81.8 cm³/mol. The van der Waals surface area contributed by atoms with Gasteiger partial charge in [0.05, 0.1) is 0 Å². The zero-order valence-corrected chi connectivity index (χ0v) is 11.7. The molecule has 0 saturated carbocycles. The molecule has 1 aliphatic rings. The number of rotatable bonds is 4. The van der Waals surface area contributed by atoms with Crippen LogP contribution in [-0.4, -0.2) is 23.0 Å².